The Hall–Kier alpha value is -0.374. The molecule has 0 aliphatic heterocycles. The van der Waals surface area contributed by atoms with E-state index in [1.807, 2.05) is 0 Å². The molecular formula is C18H28OSeSi. The number of carbonyl (C=O) groups is 1. The molecule has 0 saturated heterocycles. The van der Waals surface area contributed by atoms with Gasteiger partial charge in [0, 0.05) is 0 Å². The van der Waals surface area contributed by atoms with Crippen LogP contribution in [0, 0.1) is 17.3 Å². The number of ketones is 1. The molecule has 0 N–H and O–H groups in total. The quantitative estimate of drug-likeness (QED) is 0.721. The molecular weight excluding hydrogens is 339 g/mol. The second-order valence-corrected chi connectivity index (χ2v) is 17.2. The van der Waals surface area contributed by atoms with Gasteiger partial charge in [0.05, 0.1) is 0 Å². The number of hydrogen-bond donors (Lipinski definition) is 0. The predicted octanol–water partition coefficient (Wildman–Crippen LogP) is 3.93. The van der Waals surface area contributed by atoms with Gasteiger partial charge < -0.3 is 0 Å². The molecule has 0 amide bonds. The molecule has 2 rings (SSSR count). The van der Waals surface area contributed by atoms with Crippen LogP contribution in [-0.4, -0.2) is 28.8 Å². The molecule has 1 saturated carbocycles. The fourth-order valence-electron chi connectivity index (χ4n) is 2.96. The van der Waals surface area contributed by atoms with Gasteiger partial charge in [-0.1, -0.05) is 0 Å². The van der Waals surface area contributed by atoms with Crippen LogP contribution in [0.1, 0.15) is 27.2 Å². The maximum absolute atomic E-state index is 12.5. The molecule has 1 aromatic carbocycles. The molecule has 1 fully saturated rings. The normalized spacial score (nSPS) is 23.7. The molecule has 1 aliphatic rings. The van der Waals surface area contributed by atoms with Crippen LogP contribution in [0.5, 0.6) is 0 Å². The van der Waals surface area contributed by atoms with Crippen molar-refractivity contribution in [1.29, 1.82) is 0 Å². The Morgan fingerprint density at radius 2 is 1.76 bits per heavy atom. The third kappa shape index (κ3) is 4.31. The summed E-state index contributed by atoms with van der Waals surface area (Å²) in [6.07, 6.45) is 1.14. The van der Waals surface area contributed by atoms with Crippen LogP contribution < -0.4 is 4.46 Å². The molecule has 1 unspecified atom stereocenters. The molecule has 0 radical (unpaired) electrons. The van der Waals surface area contributed by atoms with Crippen molar-refractivity contribution in [3.05, 3.63) is 30.3 Å². The molecule has 3 heteroatoms. The SMILES string of the molecule is CC(C)(C)C(=O)[C@H]1C[C@H]1C([Se]c1ccccc1)[Si](C)(C)C. The van der Waals surface area contributed by atoms with Crippen molar-refractivity contribution in [3.63, 3.8) is 0 Å². The van der Waals surface area contributed by atoms with E-state index in [1.54, 1.807) is 0 Å². The van der Waals surface area contributed by atoms with E-state index in [2.05, 4.69) is 70.7 Å². The molecule has 3 atom stereocenters. The first-order chi connectivity index (χ1) is 9.60. The number of benzene rings is 1. The Kier molecular flexibility index (Phi) is 4.87. The van der Waals surface area contributed by atoms with Crippen LogP contribution in [0.15, 0.2) is 30.3 Å². The van der Waals surface area contributed by atoms with E-state index < -0.39 is 8.07 Å². The minimum atomic E-state index is -1.24. The van der Waals surface area contributed by atoms with Gasteiger partial charge in [-0.15, -0.1) is 0 Å². The van der Waals surface area contributed by atoms with Crippen molar-refractivity contribution in [2.45, 2.75) is 51.3 Å². The van der Waals surface area contributed by atoms with E-state index in [9.17, 15) is 4.79 Å². The second kappa shape index (κ2) is 6.02. The summed E-state index contributed by atoms with van der Waals surface area (Å²) in [7, 11) is -1.24. The molecule has 1 aromatic rings. The van der Waals surface area contributed by atoms with Gasteiger partial charge in [-0.05, 0) is 0 Å². The van der Waals surface area contributed by atoms with Crippen LogP contribution in [0.4, 0.5) is 0 Å². The number of hydrogen-bond acceptors (Lipinski definition) is 1. The van der Waals surface area contributed by atoms with Crippen LogP contribution in [0.25, 0.3) is 0 Å². The molecule has 0 aromatic heterocycles. The molecule has 116 valence electrons. The van der Waals surface area contributed by atoms with Gasteiger partial charge in [0.15, 0.2) is 0 Å². The van der Waals surface area contributed by atoms with E-state index in [4.69, 9.17) is 0 Å². The monoisotopic (exact) mass is 368 g/mol. The summed E-state index contributed by atoms with van der Waals surface area (Å²) in [5.41, 5.74) is -0.177. The summed E-state index contributed by atoms with van der Waals surface area (Å²) in [6.45, 7) is 13.6. The van der Waals surface area contributed by atoms with E-state index in [0.717, 1.165) is 10.9 Å². The molecule has 1 aliphatic carbocycles. The van der Waals surface area contributed by atoms with Gasteiger partial charge in [0.2, 0.25) is 0 Å². The first-order valence-corrected chi connectivity index (χ1v) is 13.3. The fraction of sp³-hybridized carbons (Fsp3) is 0.611. The van der Waals surface area contributed by atoms with Crippen molar-refractivity contribution < 1.29 is 4.79 Å². The first-order valence-electron chi connectivity index (χ1n) is 7.87. The maximum atomic E-state index is 12.5. The average Bonchev–Trinajstić information content (AvgIpc) is 3.13. The van der Waals surface area contributed by atoms with Crippen molar-refractivity contribution in [1.82, 2.24) is 0 Å². The summed E-state index contributed by atoms with van der Waals surface area (Å²) in [5.74, 6) is 1.48. The molecule has 0 heterocycles. The van der Waals surface area contributed by atoms with Gasteiger partial charge >= 0.3 is 137 Å². The van der Waals surface area contributed by atoms with Gasteiger partial charge in [-0.25, -0.2) is 0 Å². The van der Waals surface area contributed by atoms with Crippen molar-refractivity contribution in [2.75, 3.05) is 0 Å². The van der Waals surface area contributed by atoms with E-state index in [1.165, 1.54) is 4.46 Å². The third-order valence-electron chi connectivity index (χ3n) is 4.16. The topological polar surface area (TPSA) is 17.1 Å². The molecule has 21 heavy (non-hydrogen) atoms. The fourth-order valence-corrected chi connectivity index (χ4v) is 10.2. The summed E-state index contributed by atoms with van der Waals surface area (Å²) in [4.78, 5) is 12.5. The van der Waals surface area contributed by atoms with E-state index in [0.29, 0.717) is 32.6 Å². The number of Topliss-reactive ketones (excluding diaryl/α,β-unsaturated/α-hetero) is 1. The summed E-state index contributed by atoms with van der Waals surface area (Å²) in [6, 6.07) is 10.9. The zero-order valence-corrected chi connectivity index (χ0v) is 16.9. The summed E-state index contributed by atoms with van der Waals surface area (Å²) < 4.78 is 2.27. The number of rotatable bonds is 5. The zero-order valence-electron chi connectivity index (χ0n) is 14.1. The Labute approximate surface area is 137 Å². The second-order valence-electron chi connectivity index (χ2n) is 8.34. The predicted molar refractivity (Wildman–Crippen MR) is 95.0 cm³/mol. The zero-order chi connectivity index (χ0) is 15.8. The third-order valence-corrected chi connectivity index (χ3v) is 13.8. The Bertz CT molecular complexity index is 498. The molecule has 0 spiro atoms. The summed E-state index contributed by atoms with van der Waals surface area (Å²) in [5, 5.41) is 0. The Morgan fingerprint density at radius 1 is 1.19 bits per heavy atom. The van der Waals surface area contributed by atoms with Crippen molar-refractivity contribution >= 4 is 33.3 Å². The molecule has 1 nitrogen and oxygen atoms in total. The van der Waals surface area contributed by atoms with Crippen LogP contribution in [0.3, 0.4) is 0 Å². The van der Waals surface area contributed by atoms with Crippen LogP contribution >= 0.6 is 0 Å². The van der Waals surface area contributed by atoms with E-state index in [-0.39, 0.29) is 5.41 Å². The number of carbonyl (C=O) groups excluding carboxylic acids is 1. The van der Waals surface area contributed by atoms with E-state index >= 15 is 0 Å². The van der Waals surface area contributed by atoms with Gasteiger partial charge in [-0.3, -0.25) is 0 Å². The van der Waals surface area contributed by atoms with Crippen LogP contribution in [0.2, 0.25) is 24.1 Å². The molecule has 0 bridgehead atoms. The van der Waals surface area contributed by atoms with Gasteiger partial charge in [-0.2, -0.15) is 0 Å². The minimum absolute atomic E-state index is 0.177. The Balaban J connectivity index is 2.12. The van der Waals surface area contributed by atoms with Gasteiger partial charge in [0.1, 0.15) is 0 Å². The van der Waals surface area contributed by atoms with Crippen LogP contribution in [-0.2, 0) is 4.79 Å². The average molecular weight is 367 g/mol. The Morgan fingerprint density at radius 3 is 2.24 bits per heavy atom. The summed E-state index contributed by atoms with van der Waals surface area (Å²) >= 11 is 0.503. The standard InChI is InChI=1S/C18H28OSeSi/c1-18(2,3)16(19)14-12-15(14)17(21(4,5)6)20-13-10-8-7-9-11-13/h7-11,14-15,17H,12H2,1-6H3/t14-,15+,17?/m0/s1. The first kappa shape index (κ1) is 17.0. The van der Waals surface area contributed by atoms with Gasteiger partial charge in [0.25, 0.3) is 0 Å². The van der Waals surface area contributed by atoms with Crippen molar-refractivity contribution in [3.8, 4) is 0 Å². The van der Waals surface area contributed by atoms with Crippen molar-refractivity contribution in [2.24, 2.45) is 17.3 Å².